The summed E-state index contributed by atoms with van der Waals surface area (Å²) >= 11 is 0. The second-order valence-electron chi connectivity index (χ2n) is 10.2. The van der Waals surface area contributed by atoms with Gasteiger partial charge in [0.05, 0.1) is 18.8 Å². The van der Waals surface area contributed by atoms with Crippen molar-refractivity contribution in [1.82, 2.24) is 29.2 Å². The van der Waals surface area contributed by atoms with Crippen LogP contribution in [0.25, 0.3) is 0 Å². The van der Waals surface area contributed by atoms with Crippen LogP contribution in [0.4, 0.5) is 4.39 Å². The molecule has 2 fully saturated rings. The van der Waals surface area contributed by atoms with Crippen LogP contribution in [-0.4, -0.2) is 92.7 Å². The van der Waals surface area contributed by atoms with E-state index in [4.69, 9.17) is 28.0 Å². The molecule has 0 bridgehead atoms. The molecule has 9 atom stereocenters. The average Bonchev–Trinajstić information content (AvgIpc) is 3.66. The van der Waals surface area contributed by atoms with Crippen LogP contribution < -0.4 is 22.5 Å². The number of nitrogens with zero attached hydrogens (tertiary/aromatic N) is 4. The summed E-state index contributed by atoms with van der Waals surface area (Å²) in [6, 6.07) is 2.15. The second kappa shape index (κ2) is 13.4. The van der Waals surface area contributed by atoms with Crippen LogP contribution in [0.5, 0.6) is 0 Å². The molecule has 1 unspecified atom stereocenters. The first kappa shape index (κ1) is 32.8. The fourth-order valence-corrected chi connectivity index (χ4v) is 5.98. The first-order valence-electron chi connectivity index (χ1n) is 13.4. The Bertz CT molecular complexity index is 1770. The van der Waals surface area contributed by atoms with Crippen LogP contribution >= 0.6 is 7.82 Å². The van der Waals surface area contributed by atoms with Gasteiger partial charge in [-0.25, -0.2) is 18.5 Å². The molecule has 0 radical (unpaired) electrons. The summed E-state index contributed by atoms with van der Waals surface area (Å²) in [5.74, 6) is -0.880. The van der Waals surface area contributed by atoms with E-state index in [1.807, 2.05) is 0 Å². The van der Waals surface area contributed by atoms with Crippen LogP contribution in [0.15, 0.2) is 48.2 Å². The number of phosphoric ester groups is 1. The molecule has 0 saturated carbocycles. The molecule has 3 aromatic heterocycles. The number of aromatic nitrogens is 6. The van der Waals surface area contributed by atoms with Crippen molar-refractivity contribution < 1.29 is 46.4 Å². The summed E-state index contributed by atoms with van der Waals surface area (Å²) < 4.78 is 67.7. The van der Waals surface area contributed by atoms with Gasteiger partial charge in [0, 0.05) is 64.6 Å². The van der Waals surface area contributed by atoms with Gasteiger partial charge in [-0.1, -0.05) is 5.16 Å². The summed E-state index contributed by atoms with van der Waals surface area (Å²) in [6.45, 7) is -0.0275. The Morgan fingerprint density at radius 3 is 2.16 bits per heavy atom. The zero-order valence-electron chi connectivity index (χ0n) is 24.0. The average molecular weight is 661 g/mol. The van der Waals surface area contributed by atoms with Gasteiger partial charge < -0.3 is 28.4 Å². The maximum Gasteiger partial charge on any atom is 0.472 e. The molecule has 45 heavy (non-hydrogen) atoms. The lowest BCUT2D eigenvalue weighted by Crippen LogP contribution is -2.39. The van der Waals surface area contributed by atoms with E-state index in [0.29, 0.717) is 0 Å². The molecule has 2 saturated heterocycles. The lowest BCUT2D eigenvalue weighted by molar-refractivity contribution is -0.0539. The van der Waals surface area contributed by atoms with Gasteiger partial charge in [0.25, 0.3) is 11.1 Å². The molecule has 5 rings (SSSR count). The number of hydrogen-bond donors (Lipinski definition) is 3. The first-order chi connectivity index (χ1) is 21.4. The van der Waals surface area contributed by atoms with E-state index in [0.717, 1.165) is 34.6 Å². The fraction of sp³-hybridized carbons (Fsp3) is 0.583. The summed E-state index contributed by atoms with van der Waals surface area (Å²) in [4.78, 5) is 66.3. The van der Waals surface area contributed by atoms with E-state index in [-0.39, 0.29) is 31.2 Å². The van der Waals surface area contributed by atoms with Crippen molar-refractivity contribution in [2.75, 3.05) is 27.9 Å². The molecule has 0 aliphatic carbocycles. The minimum Gasteiger partial charge on any atom is -0.382 e. The number of alkyl halides is 1. The highest BCUT2D eigenvalue weighted by atomic mass is 31.2. The van der Waals surface area contributed by atoms with E-state index in [2.05, 4.69) is 24.6 Å². The van der Waals surface area contributed by atoms with Crippen molar-refractivity contribution in [3.8, 4) is 0 Å². The number of hydrogen-bond acceptors (Lipinski definition) is 14. The van der Waals surface area contributed by atoms with Crippen molar-refractivity contribution in [2.45, 2.75) is 55.9 Å². The van der Waals surface area contributed by atoms with E-state index >= 15 is 4.39 Å². The fourth-order valence-electron chi connectivity index (χ4n) is 5.33. The number of phosphoric acid groups is 1. The smallest absolute Gasteiger partial charge is 0.382 e. The van der Waals surface area contributed by atoms with E-state index < -0.39 is 79.3 Å². The molecule has 246 valence electrons. The lowest BCUT2D eigenvalue weighted by Gasteiger charge is -2.24. The highest BCUT2D eigenvalue weighted by Crippen LogP contribution is 2.48. The Morgan fingerprint density at radius 1 is 0.956 bits per heavy atom. The highest BCUT2D eigenvalue weighted by Gasteiger charge is 2.51. The van der Waals surface area contributed by atoms with Crippen LogP contribution in [0.3, 0.4) is 0 Å². The third-order valence-corrected chi connectivity index (χ3v) is 8.37. The number of rotatable bonds is 12. The van der Waals surface area contributed by atoms with Crippen LogP contribution in [0, 0.1) is 5.92 Å². The predicted molar refractivity (Wildman–Crippen MR) is 145 cm³/mol. The summed E-state index contributed by atoms with van der Waals surface area (Å²) in [6.07, 6.45) is -6.74. The van der Waals surface area contributed by atoms with Gasteiger partial charge in [0.1, 0.15) is 12.2 Å². The first-order valence-corrected chi connectivity index (χ1v) is 14.9. The van der Waals surface area contributed by atoms with Crippen molar-refractivity contribution >= 4 is 7.82 Å². The molecule has 21 heteroatoms. The maximum atomic E-state index is 15.7. The minimum atomic E-state index is -4.61. The second-order valence-corrected chi connectivity index (χ2v) is 11.7. The third kappa shape index (κ3) is 6.97. The normalized spacial score (nSPS) is 29.6. The predicted octanol–water partition coefficient (Wildman–Crippen LogP) is -1.20. The van der Waals surface area contributed by atoms with Gasteiger partial charge in [-0.15, -0.1) is 0 Å². The van der Waals surface area contributed by atoms with E-state index in [1.54, 1.807) is 0 Å². The van der Waals surface area contributed by atoms with Crippen LogP contribution in [0.2, 0.25) is 0 Å². The van der Waals surface area contributed by atoms with Crippen molar-refractivity contribution in [1.29, 1.82) is 0 Å². The molecule has 3 aromatic rings. The van der Waals surface area contributed by atoms with Crippen molar-refractivity contribution in [3.05, 3.63) is 77.9 Å². The number of H-pyrrole nitrogens is 2. The van der Waals surface area contributed by atoms with Gasteiger partial charge in [-0.05, 0) is 0 Å². The molecule has 2 aliphatic rings. The van der Waals surface area contributed by atoms with E-state index in [9.17, 15) is 28.6 Å². The van der Waals surface area contributed by atoms with Gasteiger partial charge in [0.2, 0.25) is 5.89 Å². The quantitative estimate of drug-likeness (QED) is 0.193. The highest BCUT2D eigenvalue weighted by molar-refractivity contribution is 7.47. The van der Waals surface area contributed by atoms with Gasteiger partial charge in [-0.3, -0.25) is 37.7 Å². The molecule has 5 heterocycles. The molecular weight excluding hydrogens is 630 g/mol. The summed E-state index contributed by atoms with van der Waals surface area (Å²) in [5, 5.41) is 3.92. The number of nitrogens with one attached hydrogen (secondary N) is 2. The zero-order valence-corrected chi connectivity index (χ0v) is 24.9. The minimum absolute atomic E-state index is 0.00583. The Morgan fingerprint density at radius 2 is 1.58 bits per heavy atom. The van der Waals surface area contributed by atoms with Crippen LogP contribution in [-0.2, 0) is 45.4 Å². The Kier molecular flexibility index (Phi) is 9.75. The van der Waals surface area contributed by atoms with Gasteiger partial charge in [0.15, 0.2) is 24.5 Å². The lowest BCUT2D eigenvalue weighted by atomic mass is 9.95. The number of methoxy groups -OCH3 is 2. The molecule has 3 N–H and O–H groups in total. The molecule has 2 aliphatic heterocycles. The number of aromatic amines is 2. The monoisotopic (exact) mass is 660 g/mol. The Labute approximate surface area is 251 Å². The van der Waals surface area contributed by atoms with Crippen molar-refractivity contribution in [2.24, 2.45) is 5.92 Å². The molecule has 0 spiro atoms. The Hall–Kier alpha value is -3.62. The Balaban J connectivity index is 1.37. The third-order valence-electron chi connectivity index (χ3n) is 7.40. The largest absolute Gasteiger partial charge is 0.472 e. The van der Waals surface area contributed by atoms with Gasteiger partial charge >= 0.3 is 19.2 Å². The summed E-state index contributed by atoms with van der Waals surface area (Å²) in [7, 11) is -0.985. The zero-order chi connectivity index (χ0) is 32.5. The number of ether oxygens (including phenoxy) is 4. The SMILES string of the molecule is COC[C@H]1O[C@@H](n2ccc(=O)[nH]c2=O)[C@H](F)[C@@H]1Cc1nc(C[C@H]2O[C@@H](n3ccc(=O)[nH]c3=O)[C@H](OC)[C@@H]2OP(=O)(O)OC)no1. The molecule has 0 aromatic carbocycles. The van der Waals surface area contributed by atoms with Crippen molar-refractivity contribution in [3.63, 3.8) is 0 Å². The van der Waals surface area contributed by atoms with Crippen LogP contribution in [0.1, 0.15) is 24.2 Å². The van der Waals surface area contributed by atoms with E-state index in [1.165, 1.54) is 20.4 Å². The maximum absolute atomic E-state index is 15.7. The molecular formula is C24H30FN6O13P. The summed E-state index contributed by atoms with van der Waals surface area (Å²) in [5.41, 5.74) is -2.98. The number of halogens is 1. The van der Waals surface area contributed by atoms with Gasteiger partial charge in [-0.2, -0.15) is 4.98 Å². The molecule has 0 amide bonds. The topological polar surface area (TPSA) is 241 Å². The standard InChI is InChI=1S/C24H30FN6O13P/c1-38-10-13-11(18(25)21(42-13)30-6-4-15(32)27-23(30)34)8-17-26-14(29-43-17)9-12-19(44-45(36,37)40-3)20(39-2)22(41-12)31-7-5-16(33)28-24(31)35/h4-7,11-13,18-22H,8-10H2,1-3H3,(H,36,37)(H,27,32,34)(H,28,33,35)/t11-,12-,13-,18-,19-,20-,21-,22-/m1/s1. The molecule has 19 nitrogen and oxygen atoms in total.